The minimum atomic E-state index is 0. The number of rotatable bonds is 8. The first-order valence-corrected chi connectivity index (χ1v) is 21.5. The molecular weight excluding hydrogens is 560 g/mol. The summed E-state index contributed by atoms with van der Waals surface area (Å²) < 4.78 is 0. The third-order valence-corrected chi connectivity index (χ3v) is 15.6. The maximum absolute atomic E-state index is 2.46. The number of hydrogen-bond acceptors (Lipinski definition) is 0. The molecule has 0 aliphatic heterocycles. The molecule has 6 saturated carbocycles. The van der Waals surface area contributed by atoms with E-state index in [1.54, 1.807) is 128 Å². The molecule has 0 unspecified atom stereocenters. The van der Waals surface area contributed by atoms with Crippen LogP contribution in [0.2, 0.25) is 0 Å². The monoisotopic (exact) mass is 653 g/mol. The van der Waals surface area contributed by atoms with E-state index in [4.69, 9.17) is 0 Å². The molecule has 2 heteroatoms. The average Bonchev–Trinajstić information content (AvgIpc) is 3.07. The van der Waals surface area contributed by atoms with Gasteiger partial charge in [-0.05, 0) is 174 Å². The van der Waals surface area contributed by atoms with Crippen LogP contribution in [0, 0.1) is 71.0 Å². The summed E-state index contributed by atoms with van der Waals surface area (Å²) in [6.45, 7) is 9.64. The first-order valence-electron chi connectivity index (χ1n) is 21.5. The zero-order valence-corrected chi connectivity index (χ0v) is 31.7. The van der Waals surface area contributed by atoms with Crippen LogP contribution in [0.1, 0.15) is 213 Å². The van der Waals surface area contributed by atoms with Crippen LogP contribution in [-0.2, 0) is 0 Å². The summed E-state index contributed by atoms with van der Waals surface area (Å²) in [5.41, 5.74) is 0. The van der Waals surface area contributed by atoms with Crippen molar-refractivity contribution in [3.05, 3.63) is 0 Å². The Bertz CT molecular complexity index is 688. The summed E-state index contributed by atoms with van der Waals surface area (Å²) in [7, 11) is 0. The van der Waals surface area contributed by atoms with Crippen LogP contribution in [0.5, 0.6) is 0 Å². The fourth-order valence-corrected chi connectivity index (χ4v) is 12.4. The van der Waals surface area contributed by atoms with Crippen molar-refractivity contribution in [1.82, 2.24) is 0 Å². The van der Waals surface area contributed by atoms with Crippen molar-refractivity contribution in [3.8, 4) is 0 Å². The Morgan fingerprint density at radius 1 is 0.304 bits per heavy atom. The summed E-state index contributed by atoms with van der Waals surface area (Å²) in [5, 5.41) is 0. The maximum atomic E-state index is 2.46. The molecule has 0 atom stereocenters. The van der Waals surface area contributed by atoms with Crippen LogP contribution in [-0.4, -0.2) is 11.0 Å². The maximum Gasteiger partial charge on any atom is 0 e. The van der Waals surface area contributed by atoms with Gasteiger partial charge in [-0.3, -0.25) is 0 Å². The quantitative estimate of drug-likeness (QED) is 0.250. The van der Waals surface area contributed by atoms with Gasteiger partial charge in [0.1, 0.15) is 0 Å². The SMILES string of the molecule is CCCC1CCC(C2CCC(C3CCC(C)CC3)CC2)CC1.CCCC1CCC(C2CCC(C3CCC(C)CC3)CC2)CC1.O.O.[HH].[HH].[HH].[HH]. The van der Waals surface area contributed by atoms with Gasteiger partial charge in [-0.2, -0.15) is 0 Å². The summed E-state index contributed by atoms with van der Waals surface area (Å²) in [4.78, 5) is 0. The van der Waals surface area contributed by atoms with Gasteiger partial charge in [-0.1, -0.05) is 105 Å². The molecule has 0 bridgehead atoms. The molecule has 6 aliphatic carbocycles. The highest BCUT2D eigenvalue weighted by Crippen LogP contribution is 2.48. The van der Waals surface area contributed by atoms with Crippen molar-refractivity contribution in [2.24, 2.45) is 71.0 Å². The Kier molecular flexibility index (Phi) is 18.6. The largest absolute Gasteiger partial charge is 0.412 e. The molecule has 4 N–H and O–H groups in total. The van der Waals surface area contributed by atoms with Crippen molar-refractivity contribution >= 4 is 0 Å². The third-order valence-electron chi connectivity index (χ3n) is 15.6. The topological polar surface area (TPSA) is 63.0 Å². The summed E-state index contributed by atoms with van der Waals surface area (Å²) in [6, 6.07) is 0. The standard InChI is InChI=1S/2C22H40.2H2O.4H2/c2*1-3-4-18-7-11-20(12-8-18)22-15-13-21(14-16-22)19-9-5-17(2)6-10-19;;;;;;/h2*17-22H,3-16H2,1-2H3;2*1H2;4*1H. The predicted octanol–water partition coefficient (Wildman–Crippen LogP) is 13.8. The van der Waals surface area contributed by atoms with Crippen molar-refractivity contribution < 1.29 is 16.7 Å². The Hall–Kier alpha value is -0.0800. The lowest BCUT2D eigenvalue weighted by atomic mass is 9.65. The first kappa shape index (κ1) is 40.4. The molecule has 0 aromatic carbocycles. The van der Waals surface area contributed by atoms with E-state index in [1.165, 1.54) is 51.4 Å². The van der Waals surface area contributed by atoms with Crippen molar-refractivity contribution in [3.63, 3.8) is 0 Å². The van der Waals surface area contributed by atoms with Gasteiger partial charge in [-0.25, -0.2) is 0 Å². The molecule has 0 heterocycles. The highest BCUT2D eigenvalue weighted by atomic mass is 16.0. The Morgan fingerprint density at radius 2 is 0.478 bits per heavy atom. The lowest BCUT2D eigenvalue weighted by molar-refractivity contribution is 0.105. The second kappa shape index (κ2) is 21.2. The molecule has 6 rings (SSSR count). The zero-order valence-electron chi connectivity index (χ0n) is 31.7. The van der Waals surface area contributed by atoms with Crippen LogP contribution < -0.4 is 0 Å². The molecule has 0 aromatic heterocycles. The van der Waals surface area contributed by atoms with Gasteiger partial charge in [0.05, 0.1) is 0 Å². The van der Waals surface area contributed by atoms with E-state index in [2.05, 4.69) is 27.7 Å². The van der Waals surface area contributed by atoms with E-state index in [-0.39, 0.29) is 16.7 Å². The van der Waals surface area contributed by atoms with Crippen LogP contribution in [0.4, 0.5) is 0 Å². The van der Waals surface area contributed by atoms with Crippen LogP contribution in [0.3, 0.4) is 0 Å². The van der Waals surface area contributed by atoms with Crippen LogP contribution >= 0.6 is 0 Å². The molecule has 2 nitrogen and oxygen atoms in total. The van der Waals surface area contributed by atoms with E-state index < -0.39 is 0 Å². The van der Waals surface area contributed by atoms with Gasteiger partial charge in [0, 0.05) is 5.71 Å². The molecule has 6 fully saturated rings. The van der Waals surface area contributed by atoms with Gasteiger partial charge in [0.25, 0.3) is 0 Å². The second-order valence-electron chi connectivity index (χ2n) is 18.5. The third kappa shape index (κ3) is 12.1. The minimum Gasteiger partial charge on any atom is -0.412 e. The predicted molar refractivity (Wildman–Crippen MR) is 210 cm³/mol. The fraction of sp³-hybridized carbons (Fsp3) is 1.00. The van der Waals surface area contributed by atoms with E-state index in [0.717, 1.165) is 71.0 Å². The molecular formula is C44H92O2. The van der Waals surface area contributed by atoms with Crippen molar-refractivity contribution in [1.29, 1.82) is 0 Å². The highest BCUT2D eigenvalue weighted by Gasteiger charge is 2.35. The lowest BCUT2D eigenvalue weighted by Crippen LogP contribution is -2.29. The summed E-state index contributed by atoms with van der Waals surface area (Å²) >= 11 is 0. The molecule has 0 spiro atoms. The lowest BCUT2D eigenvalue weighted by Gasteiger charge is -2.41. The molecule has 6 aliphatic rings. The zero-order chi connectivity index (χ0) is 30.7. The van der Waals surface area contributed by atoms with E-state index in [0.29, 0.717) is 0 Å². The Labute approximate surface area is 294 Å². The molecule has 0 saturated heterocycles. The van der Waals surface area contributed by atoms with Gasteiger partial charge < -0.3 is 11.0 Å². The van der Waals surface area contributed by atoms with E-state index >= 15 is 0 Å². The van der Waals surface area contributed by atoms with Gasteiger partial charge >= 0.3 is 0 Å². The summed E-state index contributed by atoms with van der Waals surface area (Å²) in [5.74, 6) is 13.1. The average molecular weight is 653 g/mol. The first-order chi connectivity index (χ1) is 21.5. The van der Waals surface area contributed by atoms with Gasteiger partial charge in [0.15, 0.2) is 0 Å². The van der Waals surface area contributed by atoms with Crippen LogP contribution in [0.25, 0.3) is 0 Å². The van der Waals surface area contributed by atoms with E-state index in [9.17, 15) is 0 Å². The van der Waals surface area contributed by atoms with Crippen LogP contribution in [0.15, 0.2) is 0 Å². The molecule has 0 aromatic rings. The van der Waals surface area contributed by atoms with Crippen molar-refractivity contribution in [2.75, 3.05) is 0 Å². The highest BCUT2D eigenvalue weighted by molar-refractivity contribution is 4.87. The summed E-state index contributed by atoms with van der Waals surface area (Å²) in [6.07, 6.45) is 43.3. The Balaban J connectivity index is 0. The smallest absolute Gasteiger partial charge is 0 e. The molecule has 46 heavy (non-hydrogen) atoms. The normalized spacial score (nSPS) is 42.0. The van der Waals surface area contributed by atoms with Gasteiger partial charge in [0.2, 0.25) is 0 Å². The second-order valence-corrected chi connectivity index (χ2v) is 18.5. The van der Waals surface area contributed by atoms with Crippen molar-refractivity contribution in [2.45, 2.75) is 207 Å². The van der Waals surface area contributed by atoms with Gasteiger partial charge in [-0.15, -0.1) is 0 Å². The Morgan fingerprint density at radius 3 is 0.674 bits per heavy atom. The molecule has 280 valence electrons. The minimum absolute atomic E-state index is 0. The van der Waals surface area contributed by atoms with E-state index in [1.807, 2.05) is 0 Å². The fourth-order valence-electron chi connectivity index (χ4n) is 12.4. The molecule has 0 amide bonds. The molecule has 0 radical (unpaired) electrons. The number of hydrogen-bond donors (Lipinski definition) is 0.